The molecule has 4 heteroatoms. The average molecular weight is 306 g/mol. The van der Waals surface area contributed by atoms with Crippen molar-refractivity contribution < 1.29 is 9.53 Å². The van der Waals surface area contributed by atoms with E-state index in [1.165, 1.54) is 0 Å². The zero-order valence-electron chi connectivity index (χ0n) is 9.73. The molecule has 0 amide bonds. The van der Waals surface area contributed by atoms with E-state index in [9.17, 15) is 4.79 Å². The molecule has 16 heavy (non-hydrogen) atoms. The van der Waals surface area contributed by atoms with Crippen LogP contribution >= 0.6 is 27.5 Å². The summed E-state index contributed by atoms with van der Waals surface area (Å²) in [6, 6.07) is 3.39. The van der Waals surface area contributed by atoms with Crippen molar-refractivity contribution in [2.24, 2.45) is 0 Å². The standard InChI is InChI=1S/C12H14BrClO2/c1-7-5-8(6-9(13)10(7)14)11(15)16-12(2,3)4/h5-6H,1-4H3. The van der Waals surface area contributed by atoms with Crippen LogP contribution < -0.4 is 0 Å². The van der Waals surface area contributed by atoms with Gasteiger partial charge >= 0.3 is 5.97 Å². The van der Waals surface area contributed by atoms with Gasteiger partial charge in [-0.1, -0.05) is 11.6 Å². The van der Waals surface area contributed by atoms with Gasteiger partial charge in [0.1, 0.15) is 5.60 Å². The Morgan fingerprint density at radius 2 is 1.94 bits per heavy atom. The van der Waals surface area contributed by atoms with Gasteiger partial charge < -0.3 is 4.74 Å². The number of hydrogen-bond acceptors (Lipinski definition) is 2. The maximum Gasteiger partial charge on any atom is 0.338 e. The molecule has 1 aromatic rings. The SMILES string of the molecule is Cc1cc(C(=O)OC(C)(C)C)cc(Br)c1Cl. The maximum atomic E-state index is 11.8. The molecular formula is C12H14BrClO2. The molecule has 0 saturated carbocycles. The second kappa shape index (κ2) is 4.76. The smallest absolute Gasteiger partial charge is 0.338 e. The summed E-state index contributed by atoms with van der Waals surface area (Å²) in [5.41, 5.74) is 0.859. The monoisotopic (exact) mass is 304 g/mol. The summed E-state index contributed by atoms with van der Waals surface area (Å²) < 4.78 is 5.97. The van der Waals surface area contributed by atoms with Gasteiger partial charge in [-0.15, -0.1) is 0 Å². The number of carbonyl (C=O) groups is 1. The first kappa shape index (κ1) is 13.5. The van der Waals surface area contributed by atoms with E-state index in [0.29, 0.717) is 15.1 Å². The van der Waals surface area contributed by atoms with E-state index in [1.54, 1.807) is 12.1 Å². The highest BCUT2D eigenvalue weighted by molar-refractivity contribution is 9.10. The van der Waals surface area contributed by atoms with Gasteiger partial charge in [-0.2, -0.15) is 0 Å². The molecule has 0 N–H and O–H groups in total. The summed E-state index contributed by atoms with van der Waals surface area (Å²) in [6.07, 6.45) is 0. The summed E-state index contributed by atoms with van der Waals surface area (Å²) in [7, 11) is 0. The van der Waals surface area contributed by atoms with Gasteiger partial charge in [0.25, 0.3) is 0 Å². The van der Waals surface area contributed by atoms with Crippen molar-refractivity contribution >= 4 is 33.5 Å². The second-order valence-electron chi connectivity index (χ2n) is 4.59. The molecule has 0 aliphatic heterocycles. The van der Waals surface area contributed by atoms with Crippen molar-refractivity contribution in [2.45, 2.75) is 33.3 Å². The third-order valence-corrected chi connectivity index (χ3v) is 3.20. The fourth-order valence-electron chi connectivity index (χ4n) is 1.18. The van der Waals surface area contributed by atoms with Crippen LogP contribution in [0.1, 0.15) is 36.7 Å². The molecule has 0 aliphatic rings. The van der Waals surface area contributed by atoms with E-state index >= 15 is 0 Å². The van der Waals surface area contributed by atoms with Gasteiger partial charge in [-0.05, 0) is 61.3 Å². The first-order chi connectivity index (χ1) is 7.20. The Labute approximate surface area is 109 Å². The largest absolute Gasteiger partial charge is 0.456 e. The fraction of sp³-hybridized carbons (Fsp3) is 0.417. The zero-order chi connectivity index (χ0) is 12.5. The van der Waals surface area contributed by atoms with Crippen molar-refractivity contribution in [3.05, 3.63) is 32.8 Å². The first-order valence-electron chi connectivity index (χ1n) is 4.90. The number of benzene rings is 1. The zero-order valence-corrected chi connectivity index (χ0v) is 12.1. The van der Waals surface area contributed by atoms with Gasteiger partial charge in [0.05, 0.1) is 10.6 Å². The number of esters is 1. The highest BCUT2D eigenvalue weighted by Gasteiger charge is 2.19. The van der Waals surface area contributed by atoms with Crippen LogP contribution in [0, 0.1) is 6.92 Å². The first-order valence-corrected chi connectivity index (χ1v) is 6.07. The van der Waals surface area contributed by atoms with E-state index in [2.05, 4.69) is 15.9 Å². The van der Waals surface area contributed by atoms with Crippen LogP contribution in [-0.2, 0) is 4.74 Å². The molecule has 0 aromatic heterocycles. The number of halogens is 2. The number of aryl methyl sites for hydroxylation is 1. The highest BCUT2D eigenvalue weighted by Crippen LogP contribution is 2.28. The van der Waals surface area contributed by atoms with Crippen LogP contribution in [0.4, 0.5) is 0 Å². The molecule has 2 nitrogen and oxygen atoms in total. The van der Waals surface area contributed by atoms with E-state index in [1.807, 2.05) is 27.7 Å². The van der Waals surface area contributed by atoms with E-state index in [4.69, 9.17) is 16.3 Å². The lowest BCUT2D eigenvalue weighted by Gasteiger charge is -2.19. The molecule has 0 heterocycles. The van der Waals surface area contributed by atoms with Crippen LogP contribution in [0.15, 0.2) is 16.6 Å². The Bertz CT molecular complexity index is 399. The number of ether oxygens (including phenoxy) is 1. The quantitative estimate of drug-likeness (QED) is 0.720. The third kappa shape index (κ3) is 3.49. The molecule has 0 aliphatic carbocycles. The average Bonchev–Trinajstić information content (AvgIpc) is 2.10. The van der Waals surface area contributed by atoms with Gasteiger partial charge in [0.2, 0.25) is 0 Å². The molecule has 0 radical (unpaired) electrons. The van der Waals surface area contributed by atoms with Gasteiger partial charge in [-0.3, -0.25) is 0 Å². The van der Waals surface area contributed by atoms with E-state index in [-0.39, 0.29) is 5.97 Å². The van der Waals surface area contributed by atoms with Crippen LogP contribution in [-0.4, -0.2) is 11.6 Å². The highest BCUT2D eigenvalue weighted by atomic mass is 79.9. The fourth-order valence-corrected chi connectivity index (χ4v) is 1.85. The Hall–Kier alpha value is -0.540. The van der Waals surface area contributed by atoms with Crippen molar-refractivity contribution in [3.63, 3.8) is 0 Å². The summed E-state index contributed by atoms with van der Waals surface area (Å²) >= 11 is 9.29. The summed E-state index contributed by atoms with van der Waals surface area (Å²) in [6.45, 7) is 7.36. The lowest BCUT2D eigenvalue weighted by Crippen LogP contribution is -2.23. The number of hydrogen-bond donors (Lipinski definition) is 0. The summed E-state index contributed by atoms with van der Waals surface area (Å²) in [5.74, 6) is -0.340. The van der Waals surface area contributed by atoms with Gasteiger partial charge in [0, 0.05) is 4.47 Å². The van der Waals surface area contributed by atoms with Crippen LogP contribution in [0.3, 0.4) is 0 Å². The molecular weight excluding hydrogens is 291 g/mol. The van der Waals surface area contributed by atoms with Crippen LogP contribution in [0.5, 0.6) is 0 Å². The predicted molar refractivity (Wildman–Crippen MR) is 69.1 cm³/mol. The second-order valence-corrected chi connectivity index (χ2v) is 5.82. The third-order valence-electron chi connectivity index (χ3n) is 1.84. The molecule has 88 valence electrons. The molecule has 1 rings (SSSR count). The minimum atomic E-state index is -0.489. The van der Waals surface area contributed by atoms with Crippen molar-refractivity contribution in [2.75, 3.05) is 0 Å². The van der Waals surface area contributed by atoms with E-state index in [0.717, 1.165) is 5.56 Å². The van der Waals surface area contributed by atoms with E-state index < -0.39 is 5.60 Å². The van der Waals surface area contributed by atoms with Gasteiger partial charge in [0.15, 0.2) is 0 Å². The Balaban J connectivity index is 3.02. The molecule has 0 atom stereocenters. The van der Waals surface area contributed by atoms with Crippen molar-refractivity contribution in [3.8, 4) is 0 Å². The Morgan fingerprint density at radius 1 is 1.38 bits per heavy atom. The molecule has 0 unspecified atom stereocenters. The Morgan fingerprint density at radius 3 is 2.38 bits per heavy atom. The maximum absolute atomic E-state index is 11.8. The number of rotatable bonds is 1. The van der Waals surface area contributed by atoms with Crippen LogP contribution in [0.2, 0.25) is 5.02 Å². The van der Waals surface area contributed by atoms with Crippen LogP contribution in [0.25, 0.3) is 0 Å². The topological polar surface area (TPSA) is 26.3 Å². The molecule has 1 aromatic carbocycles. The minimum Gasteiger partial charge on any atom is -0.456 e. The molecule has 0 fully saturated rings. The van der Waals surface area contributed by atoms with Gasteiger partial charge in [-0.25, -0.2) is 4.79 Å². The number of carbonyl (C=O) groups excluding carboxylic acids is 1. The van der Waals surface area contributed by atoms with Crippen molar-refractivity contribution in [1.29, 1.82) is 0 Å². The summed E-state index contributed by atoms with van der Waals surface area (Å²) in [5, 5.41) is 0.618. The normalized spacial score (nSPS) is 11.4. The molecule has 0 saturated heterocycles. The Kier molecular flexibility index (Phi) is 4.02. The lowest BCUT2D eigenvalue weighted by molar-refractivity contribution is 0.00694. The molecule has 0 bridgehead atoms. The summed E-state index contributed by atoms with van der Waals surface area (Å²) in [4.78, 5) is 11.8. The minimum absolute atomic E-state index is 0.340. The lowest BCUT2D eigenvalue weighted by atomic mass is 10.1. The van der Waals surface area contributed by atoms with Crippen molar-refractivity contribution in [1.82, 2.24) is 0 Å². The predicted octanol–water partition coefficient (Wildman–Crippen LogP) is 4.37. The molecule has 0 spiro atoms.